The summed E-state index contributed by atoms with van der Waals surface area (Å²) in [7, 11) is -2.91. The van der Waals surface area contributed by atoms with Gasteiger partial charge in [-0.1, -0.05) is 0 Å². The molecule has 1 aliphatic rings. The first kappa shape index (κ1) is 16.2. The Balaban J connectivity index is 2.47. The molecule has 112 valence electrons. The van der Waals surface area contributed by atoms with Crippen molar-refractivity contribution in [3.63, 3.8) is 0 Å². The van der Waals surface area contributed by atoms with E-state index in [1.165, 1.54) is 0 Å². The van der Waals surface area contributed by atoms with Gasteiger partial charge in [-0.05, 0) is 19.8 Å². The molecule has 1 saturated heterocycles. The molecule has 19 heavy (non-hydrogen) atoms. The van der Waals surface area contributed by atoms with Crippen LogP contribution in [0.4, 0.5) is 0 Å². The molecule has 0 spiro atoms. The van der Waals surface area contributed by atoms with Crippen molar-refractivity contribution >= 4 is 15.8 Å². The summed E-state index contributed by atoms with van der Waals surface area (Å²) in [4.78, 5) is 6.25. The fraction of sp³-hybridized carbons (Fsp3) is 0.909. The molecule has 0 unspecified atom stereocenters. The zero-order valence-corrected chi connectivity index (χ0v) is 12.3. The lowest BCUT2D eigenvalue weighted by atomic mass is 10.4. The van der Waals surface area contributed by atoms with Crippen molar-refractivity contribution in [2.75, 3.05) is 44.4 Å². The van der Waals surface area contributed by atoms with E-state index in [0.29, 0.717) is 45.2 Å². The minimum absolute atomic E-state index is 0.159. The molecule has 0 radical (unpaired) electrons. The highest BCUT2D eigenvalue weighted by Gasteiger charge is 2.20. The number of hydrazine groups is 1. The second kappa shape index (κ2) is 8.34. The fourth-order valence-corrected chi connectivity index (χ4v) is 3.15. The van der Waals surface area contributed by atoms with Crippen molar-refractivity contribution in [3.05, 3.63) is 0 Å². The first-order chi connectivity index (χ1) is 9.09. The third-order valence-electron chi connectivity index (χ3n) is 2.90. The number of nitrogens with two attached hydrogens (primary N) is 1. The maximum atomic E-state index is 11.5. The van der Waals surface area contributed by atoms with Crippen LogP contribution in [0.2, 0.25) is 0 Å². The van der Waals surface area contributed by atoms with Gasteiger partial charge in [0, 0.05) is 32.8 Å². The van der Waals surface area contributed by atoms with Gasteiger partial charge in [-0.15, -0.1) is 0 Å². The molecule has 0 aromatic carbocycles. The largest absolute Gasteiger partial charge is 0.382 e. The molecule has 0 aromatic rings. The van der Waals surface area contributed by atoms with E-state index in [0.717, 1.165) is 6.42 Å². The van der Waals surface area contributed by atoms with Gasteiger partial charge in [-0.3, -0.25) is 10.4 Å². The van der Waals surface area contributed by atoms with Crippen molar-refractivity contribution < 1.29 is 13.2 Å². The van der Waals surface area contributed by atoms with Gasteiger partial charge in [-0.25, -0.2) is 14.3 Å². The van der Waals surface area contributed by atoms with Crippen molar-refractivity contribution in [2.45, 2.75) is 19.8 Å². The van der Waals surface area contributed by atoms with Crippen LogP contribution in [0.15, 0.2) is 4.99 Å². The summed E-state index contributed by atoms with van der Waals surface area (Å²) in [5, 5.41) is 0. The van der Waals surface area contributed by atoms with Gasteiger partial charge in [0.15, 0.2) is 9.84 Å². The summed E-state index contributed by atoms with van der Waals surface area (Å²) in [6, 6.07) is 0. The minimum Gasteiger partial charge on any atom is -0.382 e. The van der Waals surface area contributed by atoms with Gasteiger partial charge in [0.1, 0.15) is 0 Å². The molecule has 1 rings (SSSR count). The van der Waals surface area contributed by atoms with Crippen molar-refractivity contribution in [2.24, 2.45) is 10.8 Å². The highest BCUT2D eigenvalue weighted by atomic mass is 32.2. The summed E-state index contributed by atoms with van der Waals surface area (Å²) in [5.41, 5.74) is 2.56. The topological polar surface area (TPSA) is 97.0 Å². The quantitative estimate of drug-likeness (QED) is 0.230. The Morgan fingerprint density at radius 1 is 1.42 bits per heavy atom. The Morgan fingerprint density at radius 2 is 2.21 bits per heavy atom. The number of hydrogen-bond acceptors (Lipinski definition) is 5. The van der Waals surface area contributed by atoms with Crippen molar-refractivity contribution in [1.82, 2.24) is 10.3 Å². The van der Waals surface area contributed by atoms with Crippen molar-refractivity contribution in [1.29, 1.82) is 0 Å². The Bertz CT molecular complexity index is 383. The second-order valence-electron chi connectivity index (χ2n) is 4.39. The van der Waals surface area contributed by atoms with Crippen LogP contribution in [-0.2, 0) is 14.6 Å². The zero-order valence-electron chi connectivity index (χ0n) is 11.5. The number of hydrogen-bond donors (Lipinski definition) is 2. The summed E-state index contributed by atoms with van der Waals surface area (Å²) >= 11 is 0. The molecule has 0 aromatic heterocycles. The van der Waals surface area contributed by atoms with Crippen molar-refractivity contribution in [3.8, 4) is 0 Å². The van der Waals surface area contributed by atoms with E-state index in [9.17, 15) is 8.42 Å². The first-order valence-corrected chi connectivity index (χ1v) is 8.45. The van der Waals surface area contributed by atoms with Crippen LogP contribution in [0, 0.1) is 0 Å². The number of sulfone groups is 1. The summed E-state index contributed by atoms with van der Waals surface area (Å²) < 4.78 is 28.3. The van der Waals surface area contributed by atoms with Crippen LogP contribution in [0.25, 0.3) is 0 Å². The maximum Gasteiger partial charge on any atom is 0.208 e. The van der Waals surface area contributed by atoms with E-state index in [1.54, 1.807) is 0 Å². The molecule has 8 heteroatoms. The van der Waals surface area contributed by atoms with Crippen LogP contribution in [-0.4, -0.2) is 63.6 Å². The summed E-state index contributed by atoms with van der Waals surface area (Å²) in [5.74, 6) is 6.42. The van der Waals surface area contributed by atoms with Gasteiger partial charge < -0.3 is 9.64 Å². The van der Waals surface area contributed by atoms with Gasteiger partial charge in [0.2, 0.25) is 5.96 Å². The maximum absolute atomic E-state index is 11.5. The normalized spacial score (nSPS) is 20.1. The average molecular weight is 292 g/mol. The Kier molecular flexibility index (Phi) is 7.11. The fourth-order valence-electron chi connectivity index (χ4n) is 1.88. The molecule has 0 bridgehead atoms. The van der Waals surface area contributed by atoms with Gasteiger partial charge >= 0.3 is 0 Å². The molecular formula is C11H24N4O3S. The first-order valence-electron chi connectivity index (χ1n) is 6.63. The molecule has 1 aliphatic heterocycles. The van der Waals surface area contributed by atoms with Gasteiger partial charge in [0.25, 0.3) is 0 Å². The van der Waals surface area contributed by atoms with Crippen LogP contribution in [0.1, 0.15) is 19.8 Å². The standard InChI is InChI=1S/C11H24N4O3S/c1-2-18-8-3-5-13-11(14-12)15-6-4-9-19(16,17)10-7-15/h2-10,12H2,1H3,(H,13,14). The number of ether oxygens (including phenoxy) is 1. The van der Waals surface area contributed by atoms with E-state index in [1.807, 2.05) is 11.8 Å². The van der Waals surface area contributed by atoms with Crippen LogP contribution in [0.5, 0.6) is 0 Å². The lowest BCUT2D eigenvalue weighted by Gasteiger charge is -2.23. The second-order valence-corrected chi connectivity index (χ2v) is 6.70. The molecule has 0 aliphatic carbocycles. The third-order valence-corrected chi connectivity index (χ3v) is 4.61. The van der Waals surface area contributed by atoms with Gasteiger partial charge in [0.05, 0.1) is 11.5 Å². The minimum atomic E-state index is -2.91. The average Bonchev–Trinajstić information content (AvgIpc) is 2.55. The number of aliphatic imine (C=N–C) groups is 1. The Labute approximate surface area is 115 Å². The highest BCUT2D eigenvalue weighted by Crippen LogP contribution is 2.05. The molecule has 0 atom stereocenters. The zero-order chi connectivity index (χ0) is 14.1. The molecule has 0 amide bonds. The molecule has 1 heterocycles. The van der Waals surface area contributed by atoms with E-state index in [-0.39, 0.29) is 11.5 Å². The smallest absolute Gasteiger partial charge is 0.208 e. The predicted octanol–water partition coefficient (Wildman–Crippen LogP) is -0.647. The van der Waals surface area contributed by atoms with E-state index in [4.69, 9.17) is 10.6 Å². The van der Waals surface area contributed by atoms with Crippen LogP contribution >= 0.6 is 0 Å². The number of nitrogens with one attached hydrogen (secondary N) is 1. The molecule has 7 nitrogen and oxygen atoms in total. The van der Waals surface area contributed by atoms with E-state index in [2.05, 4.69) is 10.4 Å². The monoisotopic (exact) mass is 292 g/mol. The molecule has 3 N–H and O–H groups in total. The summed E-state index contributed by atoms with van der Waals surface area (Å²) in [6.07, 6.45) is 1.44. The summed E-state index contributed by atoms with van der Waals surface area (Å²) in [6.45, 7) is 5.04. The highest BCUT2D eigenvalue weighted by molar-refractivity contribution is 7.91. The van der Waals surface area contributed by atoms with E-state index >= 15 is 0 Å². The van der Waals surface area contributed by atoms with Crippen LogP contribution in [0.3, 0.4) is 0 Å². The SMILES string of the molecule is CCOCCCN=C(NN)N1CCCS(=O)(=O)CC1. The lowest BCUT2D eigenvalue weighted by Crippen LogP contribution is -2.46. The predicted molar refractivity (Wildman–Crippen MR) is 75.6 cm³/mol. The molecule has 0 saturated carbocycles. The number of guanidine groups is 1. The van der Waals surface area contributed by atoms with Crippen LogP contribution < -0.4 is 11.3 Å². The Hall–Kier alpha value is -0.860. The number of rotatable bonds is 5. The van der Waals surface area contributed by atoms with Gasteiger partial charge in [-0.2, -0.15) is 0 Å². The van der Waals surface area contributed by atoms with E-state index < -0.39 is 9.84 Å². The molecular weight excluding hydrogens is 268 g/mol. The number of nitrogens with zero attached hydrogens (tertiary/aromatic N) is 2. The Morgan fingerprint density at radius 3 is 2.89 bits per heavy atom. The lowest BCUT2D eigenvalue weighted by molar-refractivity contribution is 0.146. The third kappa shape index (κ3) is 6.22. The molecule has 1 fully saturated rings.